The van der Waals surface area contributed by atoms with Gasteiger partial charge in [0, 0.05) is 0 Å². The Morgan fingerprint density at radius 3 is 2.60 bits per heavy atom. The molecule has 20 heavy (non-hydrogen) atoms. The average Bonchev–Trinajstić information content (AvgIpc) is 2.47. The van der Waals surface area contributed by atoms with Crippen LogP contribution in [0.5, 0.6) is 11.8 Å². The highest BCUT2D eigenvalue weighted by Crippen LogP contribution is 2.20. The number of methoxy groups -OCH3 is 1. The van der Waals surface area contributed by atoms with Crippen LogP contribution in [-0.2, 0) is 4.74 Å². The van der Waals surface area contributed by atoms with Crippen molar-refractivity contribution in [3.05, 3.63) is 52.3 Å². The normalized spacial score (nSPS) is 9.85. The smallest absolute Gasteiger partial charge is 0.337 e. The van der Waals surface area contributed by atoms with E-state index in [0.717, 1.165) is 12.4 Å². The Labute approximate surface area is 113 Å². The van der Waals surface area contributed by atoms with E-state index in [1.807, 2.05) is 0 Å². The van der Waals surface area contributed by atoms with E-state index < -0.39 is 10.9 Å². The minimum atomic E-state index is -0.609. The first-order valence-corrected chi connectivity index (χ1v) is 5.43. The Morgan fingerprint density at radius 2 is 2.00 bits per heavy atom. The quantitative estimate of drug-likeness (QED) is 0.477. The SMILES string of the molecule is COC(=O)c1cccc(Oc2ncc([N+](=O)[O-])cn2)c1. The number of hydrogen-bond donors (Lipinski definition) is 0. The zero-order valence-electron chi connectivity index (χ0n) is 10.3. The number of carbonyl (C=O) groups excluding carboxylic acids is 1. The van der Waals surface area contributed by atoms with E-state index in [0.29, 0.717) is 11.3 Å². The molecule has 2 rings (SSSR count). The number of esters is 1. The first kappa shape index (κ1) is 13.4. The zero-order valence-corrected chi connectivity index (χ0v) is 10.3. The number of nitro groups is 1. The van der Waals surface area contributed by atoms with Gasteiger partial charge in [-0.1, -0.05) is 6.07 Å². The van der Waals surface area contributed by atoms with Gasteiger partial charge in [0.2, 0.25) is 0 Å². The fourth-order valence-electron chi connectivity index (χ4n) is 1.37. The minimum absolute atomic E-state index is 0.0578. The van der Waals surface area contributed by atoms with Gasteiger partial charge in [0.05, 0.1) is 17.6 Å². The van der Waals surface area contributed by atoms with Gasteiger partial charge >= 0.3 is 17.7 Å². The number of nitrogens with zero attached hydrogens (tertiary/aromatic N) is 3. The van der Waals surface area contributed by atoms with Gasteiger partial charge in [0.1, 0.15) is 18.1 Å². The van der Waals surface area contributed by atoms with Crippen molar-refractivity contribution >= 4 is 11.7 Å². The van der Waals surface area contributed by atoms with Gasteiger partial charge in [0.25, 0.3) is 0 Å². The van der Waals surface area contributed by atoms with Crippen LogP contribution in [-0.4, -0.2) is 28.0 Å². The summed E-state index contributed by atoms with van der Waals surface area (Å²) in [6.07, 6.45) is 2.07. The fraction of sp³-hybridized carbons (Fsp3) is 0.0833. The van der Waals surface area contributed by atoms with Crippen molar-refractivity contribution in [3.8, 4) is 11.8 Å². The molecule has 0 aliphatic heterocycles. The molecule has 1 aromatic heterocycles. The number of aromatic nitrogens is 2. The molecule has 0 fully saturated rings. The van der Waals surface area contributed by atoms with E-state index in [2.05, 4.69) is 14.7 Å². The highest BCUT2D eigenvalue weighted by atomic mass is 16.6. The van der Waals surface area contributed by atoms with E-state index in [9.17, 15) is 14.9 Å². The van der Waals surface area contributed by atoms with Crippen LogP contribution in [0.15, 0.2) is 36.7 Å². The van der Waals surface area contributed by atoms with Crippen molar-refractivity contribution in [2.24, 2.45) is 0 Å². The summed E-state index contributed by atoms with van der Waals surface area (Å²) < 4.78 is 9.88. The van der Waals surface area contributed by atoms with Gasteiger partial charge < -0.3 is 9.47 Å². The maximum Gasteiger partial charge on any atom is 0.337 e. The topological polar surface area (TPSA) is 104 Å². The van der Waals surface area contributed by atoms with Crippen LogP contribution in [0.25, 0.3) is 0 Å². The molecule has 0 aliphatic rings. The van der Waals surface area contributed by atoms with Crippen molar-refractivity contribution < 1.29 is 19.2 Å². The summed E-state index contributed by atoms with van der Waals surface area (Å²) in [5, 5.41) is 10.5. The second-order valence-corrected chi connectivity index (χ2v) is 3.60. The van der Waals surface area contributed by atoms with Crippen molar-refractivity contribution in [1.82, 2.24) is 9.97 Å². The molecule has 0 saturated heterocycles. The molecule has 1 aromatic carbocycles. The molecule has 0 atom stereocenters. The third kappa shape index (κ3) is 3.05. The number of rotatable bonds is 4. The van der Waals surface area contributed by atoms with Gasteiger partial charge in [-0.05, 0) is 18.2 Å². The van der Waals surface area contributed by atoms with Crippen molar-refractivity contribution in [1.29, 1.82) is 0 Å². The Balaban J connectivity index is 2.17. The second-order valence-electron chi connectivity index (χ2n) is 3.60. The van der Waals surface area contributed by atoms with Gasteiger partial charge in [0.15, 0.2) is 0 Å². The molecule has 0 saturated carbocycles. The molecule has 0 amide bonds. The molecule has 0 aliphatic carbocycles. The molecule has 8 nitrogen and oxygen atoms in total. The third-order valence-corrected chi connectivity index (χ3v) is 2.29. The molecule has 0 spiro atoms. The summed E-state index contributed by atoms with van der Waals surface area (Å²) in [6, 6.07) is 6.16. The van der Waals surface area contributed by atoms with Gasteiger partial charge in [-0.15, -0.1) is 0 Å². The predicted octanol–water partition coefficient (Wildman–Crippen LogP) is 1.96. The van der Waals surface area contributed by atoms with Crippen LogP contribution < -0.4 is 4.74 Å². The Morgan fingerprint density at radius 1 is 1.30 bits per heavy atom. The molecule has 1 heterocycles. The summed E-state index contributed by atoms with van der Waals surface area (Å²) in [5.41, 5.74) is 0.0765. The van der Waals surface area contributed by atoms with E-state index in [4.69, 9.17) is 4.74 Å². The lowest BCUT2D eigenvalue weighted by Crippen LogP contribution is -2.01. The molecule has 2 aromatic rings. The number of benzene rings is 1. The Hall–Kier alpha value is -3.03. The lowest BCUT2D eigenvalue weighted by Gasteiger charge is -2.04. The zero-order chi connectivity index (χ0) is 14.5. The first-order valence-electron chi connectivity index (χ1n) is 5.43. The van der Waals surface area contributed by atoms with E-state index >= 15 is 0 Å². The highest BCUT2D eigenvalue weighted by molar-refractivity contribution is 5.89. The highest BCUT2D eigenvalue weighted by Gasteiger charge is 2.10. The van der Waals surface area contributed by atoms with Crippen LogP contribution in [0.4, 0.5) is 5.69 Å². The average molecular weight is 275 g/mol. The number of carbonyl (C=O) groups is 1. The number of hydrogen-bond acceptors (Lipinski definition) is 7. The van der Waals surface area contributed by atoms with Crippen molar-refractivity contribution in [2.75, 3.05) is 7.11 Å². The first-order chi connectivity index (χ1) is 9.60. The second kappa shape index (κ2) is 5.74. The summed E-state index contributed by atoms with van der Waals surface area (Å²) in [5.74, 6) is -0.179. The summed E-state index contributed by atoms with van der Waals surface area (Å²) in [6.45, 7) is 0. The number of ether oxygens (including phenoxy) is 2. The van der Waals surface area contributed by atoms with E-state index in [-0.39, 0.29) is 11.7 Å². The molecule has 8 heteroatoms. The molecular weight excluding hydrogens is 266 g/mol. The van der Waals surface area contributed by atoms with Crippen molar-refractivity contribution in [3.63, 3.8) is 0 Å². The Bertz CT molecular complexity index is 642. The molecule has 102 valence electrons. The van der Waals surface area contributed by atoms with E-state index in [1.165, 1.54) is 13.2 Å². The standard InChI is InChI=1S/C12H9N3O5/c1-19-11(16)8-3-2-4-10(5-8)20-12-13-6-9(7-14-12)15(17)18/h2-7H,1H3. The van der Waals surface area contributed by atoms with Crippen LogP contribution in [0.1, 0.15) is 10.4 Å². The lowest BCUT2D eigenvalue weighted by atomic mass is 10.2. The largest absolute Gasteiger partial charge is 0.465 e. The van der Waals surface area contributed by atoms with Gasteiger partial charge in [-0.3, -0.25) is 10.1 Å². The van der Waals surface area contributed by atoms with Crippen LogP contribution in [0.2, 0.25) is 0 Å². The Kier molecular flexibility index (Phi) is 3.85. The van der Waals surface area contributed by atoms with Gasteiger partial charge in [-0.25, -0.2) is 4.79 Å². The summed E-state index contributed by atoms with van der Waals surface area (Å²) in [7, 11) is 1.27. The monoisotopic (exact) mass is 275 g/mol. The van der Waals surface area contributed by atoms with Gasteiger partial charge in [-0.2, -0.15) is 9.97 Å². The van der Waals surface area contributed by atoms with Crippen LogP contribution >= 0.6 is 0 Å². The minimum Gasteiger partial charge on any atom is -0.465 e. The summed E-state index contributed by atoms with van der Waals surface area (Å²) >= 11 is 0. The van der Waals surface area contributed by atoms with Crippen molar-refractivity contribution in [2.45, 2.75) is 0 Å². The molecular formula is C12H9N3O5. The maximum atomic E-state index is 11.4. The third-order valence-electron chi connectivity index (χ3n) is 2.29. The molecule has 0 unspecified atom stereocenters. The molecule has 0 N–H and O–H groups in total. The van der Waals surface area contributed by atoms with E-state index in [1.54, 1.807) is 18.2 Å². The maximum absolute atomic E-state index is 11.4. The fourth-order valence-corrected chi connectivity index (χ4v) is 1.37. The lowest BCUT2D eigenvalue weighted by molar-refractivity contribution is -0.385. The predicted molar refractivity (Wildman–Crippen MR) is 66.5 cm³/mol. The molecule has 0 radical (unpaired) electrons. The summed E-state index contributed by atoms with van der Waals surface area (Å²) in [4.78, 5) is 28.6. The molecule has 0 bridgehead atoms. The van der Waals surface area contributed by atoms with Crippen LogP contribution in [0.3, 0.4) is 0 Å². The van der Waals surface area contributed by atoms with Crippen LogP contribution in [0, 0.1) is 10.1 Å².